The quantitative estimate of drug-likeness (QED) is 0.644. The molecule has 19 heavy (non-hydrogen) atoms. The summed E-state index contributed by atoms with van der Waals surface area (Å²) in [5, 5.41) is 13.8. The highest BCUT2D eigenvalue weighted by atomic mass is 19.1. The van der Waals surface area contributed by atoms with E-state index in [1.807, 2.05) is 6.92 Å². The average molecular weight is 267 g/mol. The minimum absolute atomic E-state index is 0.0695. The van der Waals surface area contributed by atoms with Crippen LogP contribution in [0.1, 0.15) is 17.3 Å². The van der Waals surface area contributed by atoms with Gasteiger partial charge in [-0.3, -0.25) is 14.9 Å². The van der Waals surface area contributed by atoms with Crippen molar-refractivity contribution >= 4 is 11.6 Å². The van der Waals surface area contributed by atoms with Crippen molar-refractivity contribution in [2.45, 2.75) is 13.0 Å². The number of hydrogen-bond donors (Lipinski definition) is 1. The van der Waals surface area contributed by atoms with Gasteiger partial charge in [0.25, 0.3) is 11.6 Å². The zero-order chi connectivity index (χ0) is 14.0. The van der Waals surface area contributed by atoms with Crippen LogP contribution in [0.2, 0.25) is 0 Å². The van der Waals surface area contributed by atoms with Gasteiger partial charge in [-0.1, -0.05) is 0 Å². The Bertz CT molecular complexity index is 521. The number of nitro groups is 1. The van der Waals surface area contributed by atoms with Crippen LogP contribution in [-0.2, 0) is 0 Å². The topological polar surface area (TPSA) is 75.5 Å². The van der Waals surface area contributed by atoms with Crippen molar-refractivity contribution in [2.75, 3.05) is 19.6 Å². The minimum atomic E-state index is -0.735. The fourth-order valence-electron chi connectivity index (χ4n) is 2.09. The maximum Gasteiger partial charge on any atom is 0.270 e. The van der Waals surface area contributed by atoms with E-state index in [-0.39, 0.29) is 17.3 Å². The molecule has 1 aromatic rings. The van der Waals surface area contributed by atoms with E-state index in [0.717, 1.165) is 18.2 Å². The van der Waals surface area contributed by atoms with Crippen molar-refractivity contribution in [3.8, 4) is 0 Å². The third-order valence-electron chi connectivity index (χ3n) is 3.15. The first-order valence-corrected chi connectivity index (χ1v) is 5.96. The number of nitrogens with one attached hydrogen (secondary N) is 1. The summed E-state index contributed by atoms with van der Waals surface area (Å²) in [7, 11) is 0. The number of carbonyl (C=O) groups is 1. The summed E-state index contributed by atoms with van der Waals surface area (Å²) in [6, 6.07) is 2.93. The molecule has 1 N–H and O–H groups in total. The number of non-ortho nitro benzene ring substituents is 1. The number of carbonyl (C=O) groups excluding carboxylic acids is 1. The average Bonchev–Trinajstić information content (AvgIpc) is 2.38. The number of halogens is 1. The number of rotatable bonds is 2. The molecule has 0 saturated carbocycles. The lowest BCUT2D eigenvalue weighted by molar-refractivity contribution is -0.384. The molecule has 1 aromatic carbocycles. The first-order chi connectivity index (χ1) is 9.00. The second kappa shape index (κ2) is 5.31. The van der Waals surface area contributed by atoms with Crippen LogP contribution in [0.4, 0.5) is 10.1 Å². The number of hydrogen-bond acceptors (Lipinski definition) is 4. The van der Waals surface area contributed by atoms with E-state index in [2.05, 4.69) is 5.32 Å². The third-order valence-corrected chi connectivity index (χ3v) is 3.15. The van der Waals surface area contributed by atoms with E-state index in [4.69, 9.17) is 0 Å². The Balaban J connectivity index is 2.32. The maximum atomic E-state index is 13.7. The van der Waals surface area contributed by atoms with E-state index < -0.39 is 16.6 Å². The zero-order valence-electron chi connectivity index (χ0n) is 10.4. The molecule has 7 heteroatoms. The van der Waals surface area contributed by atoms with Gasteiger partial charge in [0.15, 0.2) is 0 Å². The van der Waals surface area contributed by atoms with Gasteiger partial charge in [-0.15, -0.1) is 0 Å². The van der Waals surface area contributed by atoms with Crippen LogP contribution in [0.3, 0.4) is 0 Å². The molecule has 0 unspecified atom stereocenters. The Morgan fingerprint density at radius 2 is 2.32 bits per heavy atom. The Morgan fingerprint density at radius 3 is 2.95 bits per heavy atom. The molecule has 6 nitrogen and oxygen atoms in total. The Labute approximate surface area is 109 Å². The van der Waals surface area contributed by atoms with Gasteiger partial charge in [-0.05, 0) is 13.0 Å². The Hall–Kier alpha value is -2.02. The summed E-state index contributed by atoms with van der Waals surface area (Å²) in [6.07, 6.45) is 0. The van der Waals surface area contributed by atoms with Crippen molar-refractivity contribution in [3.05, 3.63) is 39.7 Å². The molecule has 1 atom stereocenters. The lowest BCUT2D eigenvalue weighted by Crippen LogP contribution is -2.52. The molecule has 1 aliphatic rings. The second-order valence-electron chi connectivity index (χ2n) is 4.47. The molecule has 1 saturated heterocycles. The molecular formula is C12H14FN3O3. The fraction of sp³-hybridized carbons (Fsp3) is 0.417. The third kappa shape index (κ3) is 2.70. The lowest BCUT2D eigenvalue weighted by Gasteiger charge is -2.34. The van der Waals surface area contributed by atoms with E-state index in [9.17, 15) is 19.3 Å². The van der Waals surface area contributed by atoms with Gasteiger partial charge in [-0.2, -0.15) is 0 Å². The highest BCUT2D eigenvalue weighted by Gasteiger charge is 2.27. The summed E-state index contributed by atoms with van der Waals surface area (Å²) < 4.78 is 13.7. The summed E-state index contributed by atoms with van der Waals surface area (Å²) >= 11 is 0. The maximum absolute atomic E-state index is 13.7. The van der Waals surface area contributed by atoms with E-state index in [0.29, 0.717) is 19.6 Å². The molecule has 102 valence electrons. The molecular weight excluding hydrogens is 253 g/mol. The number of nitro benzene ring substituents is 1. The fourth-order valence-corrected chi connectivity index (χ4v) is 2.09. The van der Waals surface area contributed by atoms with Gasteiger partial charge in [0.1, 0.15) is 5.82 Å². The lowest BCUT2D eigenvalue weighted by atomic mass is 10.1. The monoisotopic (exact) mass is 267 g/mol. The highest BCUT2D eigenvalue weighted by molar-refractivity contribution is 5.95. The van der Waals surface area contributed by atoms with E-state index >= 15 is 0 Å². The van der Waals surface area contributed by atoms with Gasteiger partial charge in [0.2, 0.25) is 0 Å². The largest absolute Gasteiger partial charge is 0.333 e. The van der Waals surface area contributed by atoms with Gasteiger partial charge >= 0.3 is 0 Å². The minimum Gasteiger partial charge on any atom is -0.333 e. The van der Waals surface area contributed by atoms with Crippen molar-refractivity contribution in [1.29, 1.82) is 0 Å². The normalized spacial score (nSPS) is 19.3. The highest BCUT2D eigenvalue weighted by Crippen LogP contribution is 2.19. The summed E-state index contributed by atoms with van der Waals surface area (Å²) in [6.45, 7) is 3.57. The first kappa shape index (κ1) is 13.4. The van der Waals surface area contributed by atoms with Crippen LogP contribution < -0.4 is 5.32 Å². The van der Waals surface area contributed by atoms with Gasteiger partial charge < -0.3 is 10.2 Å². The molecule has 0 radical (unpaired) electrons. The molecule has 2 rings (SSSR count). The number of benzene rings is 1. The summed E-state index contributed by atoms with van der Waals surface area (Å²) in [5.74, 6) is -1.24. The standard InChI is InChI=1S/C12H14FN3O3/c1-8-7-14-4-5-15(8)12(17)10-6-9(16(18)19)2-3-11(10)13/h2-3,6,8,14H,4-5,7H2,1H3/t8-/m1/s1. The number of piperazine rings is 1. The number of nitrogens with zero attached hydrogens (tertiary/aromatic N) is 2. The summed E-state index contributed by atoms with van der Waals surface area (Å²) in [5.41, 5.74) is -0.532. The molecule has 0 aromatic heterocycles. The molecule has 1 amide bonds. The predicted molar refractivity (Wildman–Crippen MR) is 66.4 cm³/mol. The van der Waals surface area contributed by atoms with Crippen LogP contribution in [0.25, 0.3) is 0 Å². The van der Waals surface area contributed by atoms with Crippen molar-refractivity contribution < 1.29 is 14.1 Å². The predicted octanol–water partition coefficient (Wildman–Crippen LogP) is 1.17. The van der Waals surface area contributed by atoms with E-state index in [1.54, 1.807) is 0 Å². The van der Waals surface area contributed by atoms with Crippen LogP contribution in [0.15, 0.2) is 18.2 Å². The molecule has 0 aliphatic carbocycles. The van der Waals surface area contributed by atoms with Crippen molar-refractivity contribution in [1.82, 2.24) is 10.2 Å². The van der Waals surface area contributed by atoms with Crippen LogP contribution in [0.5, 0.6) is 0 Å². The second-order valence-corrected chi connectivity index (χ2v) is 4.47. The molecule has 1 fully saturated rings. The molecule has 1 heterocycles. The van der Waals surface area contributed by atoms with E-state index in [1.165, 1.54) is 4.90 Å². The zero-order valence-corrected chi connectivity index (χ0v) is 10.4. The summed E-state index contributed by atoms with van der Waals surface area (Å²) in [4.78, 5) is 23.8. The molecule has 0 bridgehead atoms. The van der Waals surface area contributed by atoms with Gasteiger partial charge in [0, 0.05) is 37.8 Å². The van der Waals surface area contributed by atoms with Crippen molar-refractivity contribution in [2.24, 2.45) is 0 Å². The van der Waals surface area contributed by atoms with Crippen LogP contribution >= 0.6 is 0 Å². The molecule has 1 aliphatic heterocycles. The molecule has 0 spiro atoms. The van der Waals surface area contributed by atoms with Crippen LogP contribution in [0, 0.1) is 15.9 Å². The van der Waals surface area contributed by atoms with Crippen LogP contribution in [-0.4, -0.2) is 41.4 Å². The first-order valence-electron chi connectivity index (χ1n) is 5.96. The van der Waals surface area contributed by atoms with Gasteiger partial charge in [-0.25, -0.2) is 4.39 Å². The smallest absolute Gasteiger partial charge is 0.270 e. The van der Waals surface area contributed by atoms with Crippen molar-refractivity contribution in [3.63, 3.8) is 0 Å². The SMILES string of the molecule is C[C@@H]1CNCCN1C(=O)c1cc([N+](=O)[O-])ccc1F. The Morgan fingerprint density at radius 1 is 1.58 bits per heavy atom. The Kier molecular flexibility index (Phi) is 3.75. The number of amides is 1. The van der Waals surface area contributed by atoms with Gasteiger partial charge in [0.05, 0.1) is 10.5 Å².